The number of hydrogen-bond donors (Lipinski definition) is 0. The highest BCUT2D eigenvalue weighted by Crippen LogP contribution is 2.44. The van der Waals surface area contributed by atoms with Crippen molar-refractivity contribution in [3.8, 4) is 17.2 Å². The molecule has 33 heavy (non-hydrogen) atoms. The highest BCUT2D eigenvalue weighted by molar-refractivity contribution is 9.10. The summed E-state index contributed by atoms with van der Waals surface area (Å²) < 4.78 is 24.2. The molecule has 0 atom stereocenters. The van der Waals surface area contributed by atoms with Crippen LogP contribution in [0.5, 0.6) is 17.2 Å². The van der Waals surface area contributed by atoms with Crippen LogP contribution in [0.4, 0.5) is 0 Å². The lowest BCUT2D eigenvalue weighted by molar-refractivity contribution is -0.0165. The van der Waals surface area contributed by atoms with Gasteiger partial charge in [0.25, 0.3) is 0 Å². The van der Waals surface area contributed by atoms with Crippen molar-refractivity contribution in [2.24, 2.45) is 0 Å². The van der Waals surface area contributed by atoms with Crippen LogP contribution < -0.4 is 14.2 Å². The van der Waals surface area contributed by atoms with E-state index in [0.717, 1.165) is 45.6 Å². The molecule has 0 N–H and O–H groups in total. The minimum Gasteiger partial charge on any atom is -0.477 e. The van der Waals surface area contributed by atoms with Gasteiger partial charge in [0.15, 0.2) is 12.6 Å². The van der Waals surface area contributed by atoms with Crippen LogP contribution in [0.2, 0.25) is 0 Å². The van der Waals surface area contributed by atoms with Crippen molar-refractivity contribution in [1.29, 1.82) is 0 Å². The molecule has 3 aromatic rings. The molecule has 0 amide bonds. The van der Waals surface area contributed by atoms with E-state index >= 15 is 0 Å². The van der Waals surface area contributed by atoms with Crippen LogP contribution >= 0.6 is 27.3 Å². The van der Waals surface area contributed by atoms with Crippen LogP contribution in [-0.2, 0) is 24.4 Å². The molecule has 0 spiro atoms. The van der Waals surface area contributed by atoms with E-state index in [9.17, 15) is 4.79 Å². The van der Waals surface area contributed by atoms with Gasteiger partial charge in [-0.1, -0.05) is 22.0 Å². The molecule has 0 saturated carbocycles. The summed E-state index contributed by atoms with van der Waals surface area (Å²) in [6.07, 6.45) is 1.75. The van der Waals surface area contributed by atoms with Gasteiger partial charge < -0.3 is 18.9 Å². The van der Waals surface area contributed by atoms with Gasteiger partial charge in [0.05, 0.1) is 12.2 Å². The lowest BCUT2D eigenvalue weighted by Gasteiger charge is -2.30. The number of ketones is 1. The Labute approximate surface area is 203 Å². The number of carbonyl (C=O) groups is 1. The molecule has 3 aliphatic heterocycles. The zero-order valence-electron chi connectivity index (χ0n) is 17.9. The van der Waals surface area contributed by atoms with Crippen LogP contribution in [0.25, 0.3) is 6.08 Å². The van der Waals surface area contributed by atoms with E-state index in [1.165, 1.54) is 4.88 Å². The van der Waals surface area contributed by atoms with Crippen molar-refractivity contribution in [3.05, 3.63) is 78.6 Å². The fourth-order valence-electron chi connectivity index (χ4n) is 4.48. The summed E-state index contributed by atoms with van der Waals surface area (Å²) in [6, 6.07) is 9.97. The van der Waals surface area contributed by atoms with Crippen LogP contribution in [0, 0.1) is 6.92 Å². The average molecular weight is 526 g/mol. The number of ether oxygens (including phenoxy) is 4. The zero-order chi connectivity index (χ0) is 22.5. The van der Waals surface area contributed by atoms with Crippen LogP contribution in [0.3, 0.4) is 0 Å². The Hall–Kier alpha value is -2.65. The van der Waals surface area contributed by atoms with Crippen molar-refractivity contribution in [3.63, 3.8) is 0 Å². The molecule has 0 fully saturated rings. The molecule has 8 heteroatoms. The van der Waals surface area contributed by atoms with Gasteiger partial charge in [0.2, 0.25) is 5.78 Å². The molecule has 6 nitrogen and oxygen atoms in total. The van der Waals surface area contributed by atoms with Gasteiger partial charge in [-0.3, -0.25) is 9.69 Å². The summed E-state index contributed by atoms with van der Waals surface area (Å²) in [5, 5.41) is 2.08. The van der Waals surface area contributed by atoms with E-state index in [2.05, 4.69) is 38.3 Å². The van der Waals surface area contributed by atoms with Gasteiger partial charge in [-0.2, -0.15) is 0 Å². The number of allylic oxidation sites excluding steroid dienone is 1. The Bertz CT molecular complexity index is 1300. The van der Waals surface area contributed by atoms with Crippen molar-refractivity contribution in [1.82, 2.24) is 4.90 Å². The molecule has 6 rings (SSSR count). The van der Waals surface area contributed by atoms with Gasteiger partial charge in [-0.25, -0.2) is 0 Å². The Morgan fingerprint density at radius 3 is 2.91 bits per heavy atom. The van der Waals surface area contributed by atoms with E-state index in [0.29, 0.717) is 30.4 Å². The largest absolute Gasteiger partial charge is 0.477 e. The molecular formula is C25H20BrNO5S. The lowest BCUT2D eigenvalue weighted by atomic mass is 9.99. The maximum atomic E-state index is 13.3. The number of halogens is 1. The quantitative estimate of drug-likeness (QED) is 0.411. The summed E-state index contributed by atoms with van der Waals surface area (Å²) in [5.74, 6) is 2.25. The Balaban J connectivity index is 1.33. The molecular weight excluding hydrogens is 506 g/mol. The molecule has 0 radical (unpaired) electrons. The van der Waals surface area contributed by atoms with Crippen LogP contribution in [-0.4, -0.2) is 24.2 Å². The third-order valence-corrected chi connectivity index (χ3v) is 7.27. The van der Waals surface area contributed by atoms with Gasteiger partial charge in [0, 0.05) is 44.7 Å². The zero-order valence-corrected chi connectivity index (χ0v) is 20.3. The molecule has 2 aromatic carbocycles. The number of carbonyl (C=O) groups excluding carboxylic acids is 1. The Morgan fingerprint density at radius 1 is 1.15 bits per heavy atom. The predicted molar refractivity (Wildman–Crippen MR) is 128 cm³/mol. The highest BCUT2D eigenvalue weighted by Gasteiger charge is 2.34. The van der Waals surface area contributed by atoms with E-state index < -0.39 is 0 Å². The van der Waals surface area contributed by atoms with Gasteiger partial charge >= 0.3 is 0 Å². The minimum absolute atomic E-state index is 0.132. The summed E-state index contributed by atoms with van der Waals surface area (Å²) in [6.45, 7) is 4.65. The van der Waals surface area contributed by atoms with E-state index in [-0.39, 0.29) is 18.3 Å². The fraction of sp³-hybridized carbons (Fsp3) is 0.240. The van der Waals surface area contributed by atoms with Crippen molar-refractivity contribution in [2.45, 2.75) is 26.6 Å². The number of hydrogen-bond acceptors (Lipinski definition) is 7. The number of fused-ring (bicyclic) bond motifs is 3. The monoisotopic (exact) mass is 525 g/mol. The summed E-state index contributed by atoms with van der Waals surface area (Å²) in [7, 11) is 0. The molecule has 0 saturated heterocycles. The molecule has 0 unspecified atom stereocenters. The van der Waals surface area contributed by atoms with Gasteiger partial charge in [-0.15, -0.1) is 11.3 Å². The second kappa shape index (κ2) is 8.29. The normalized spacial score (nSPS) is 18.2. The van der Waals surface area contributed by atoms with E-state index in [4.69, 9.17) is 18.9 Å². The Kier molecular flexibility index (Phi) is 5.25. The molecule has 168 valence electrons. The first-order valence-corrected chi connectivity index (χ1v) is 12.3. The molecule has 0 aliphatic carbocycles. The third-order valence-electron chi connectivity index (χ3n) is 5.95. The second-order valence-electron chi connectivity index (χ2n) is 8.24. The average Bonchev–Trinajstić information content (AvgIpc) is 3.42. The maximum absolute atomic E-state index is 13.3. The molecule has 4 heterocycles. The minimum atomic E-state index is -0.132. The lowest BCUT2D eigenvalue weighted by Crippen LogP contribution is -2.31. The predicted octanol–water partition coefficient (Wildman–Crippen LogP) is 5.65. The van der Waals surface area contributed by atoms with Crippen LogP contribution in [0.15, 0.2) is 45.9 Å². The highest BCUT2D eigenvalue weighted by atomic mass is 79.9. The SMILES string of the molecule is Cc1c2c(cc3c1O/C(=C\c1cc(Br)cc4c1OCOC4)C3=O)CN(Cc1cccs1)CO2. The summed E-state index contributed by atoms with van der Waals surface area (Å²) in [4.78, 5) is 16.8. The number of thiophene rings is 1. The smallest absolute Gasteiger partial charge is 0.231 e. The van der Waals surface area contributed by atoms with E-state index in [1.54, 1.807) is 17.4 Å². The number of Topliss-reactive ketones (excluding diaryl/α,β-unsaturated/α-hetero) is 1. The van der Waals surface area contributed by atoms with Crippen molar-refractivity contribution in [2.75, 3.05) is 13.5 Å². The summed E-state index contributed by atoms with van der Waals surface area (Å²) in [5.41, 5.74) is 4.15. The van der Waals surface area contributed by atoms with Crippen molar-refractivity contribution < 1.29 is 23.7 Å². The Morgan fingerprint density at radius 2 is 2.06 bits per heavy atom. The topological polar surface area (TPSA) is 57.2 Å². The van der Waals surface area contributed by atoms with Gasteiger partial charge in [-0.05, 0) is 42.6 Å². The first kappa shape index (κ1) is 20.9. The van der Waals surface area contributed by atoms with E-state index in [1.807, 2.05) is 25.1 Å². The molecule has 1 aromatic heterocycles. The number of benzene rings is 2. The molecule has 3 aliphatic rings. The maximum Gasteiger partial charge on any atom is 0.231 e. The van der Waals surface area contributed by atoms with Crippen LogP contribution in [0.1, 0.15) is 37.5 Å². The third kappa shape index (κ3) is 3.77. The summed E-state index contributed by atoms with van der Waals surface area (Å²) >= 11 is 5.26. The second-order valence-corrected chi connectivity index (χ2v) is 10.2. The standard InChI is InChI=1S/C25H20BrNO5S/c1-14-23-16(9-27(12-30-23)10-19-3-2-4-33-19)7-20-22(28)21(32-24(14)20)8-15-5-18(26)6-17-11-29-13-31-25(15)17/h2-8H,9-13H2,1H3/b21-8-. The number of rotatable bonds is 3. The van der Waals surface area contributed by atoms with Gasteiger partial charge in [0.1, 0.15) is 24.0 Å². The first-order chi connectivity index (χ1) is 16.1. The fourth-order valence-corrected chi connectivity index (χ4v) is 5.75. The van der Waals surface area contributed by atoms with Crippen molar-refractivity contribution >= 4 is 39.1 Å². The molecule has 0 bridgehead atoms. The number of nitrogens with zero attached hydrogens (tertiary/aromatic N) is 1. The first-order valence-electron chi connectivity index (χ1n) is 10.6.